The summed E-state index contributed by atoms with van der Waals surface area (Å²) in [6.45, 7) is 6.02. The number of rotatable bonds is 5. The van der Waals surface area contributed by atoms with Gasteiger partial charge in [0.2, 0.25) is 0 Å². The molecule has 2 aromatic rings. The lowest BCUT2D eigenvalue weighted by Crippen LogP contribution is -2.11. The summed E-state index contributed by atoms with van der Waals surface area (Å²) >= 11 is 0. The Hall–Kier alpha value is -1.60. The summed E-state index contributed by atoms with van der Waals surface area (Å²) in [6, 6.07) is 4.67. The molecular weight excluding hydrogens is 314 g/mol. The molecule has 21 heavy (non-hydrogen) atoms. The summed E-state index contributed by atoms with van der Waals surface area (Å²) in [5, 5.41) is 4.13. The molecule has 0 fully saturated rings. The lowest BCUT2D eigenvalue weighted by atomic mass is 10.2. The molecule has 8 heteroatoms. The fourth-order valence-electron chi connectivity index (χ4n) is 1.89. The smallest absolute Gasteiger partial charge is 0.261 e. The van der Waals surface area contributed by atoms with Crippen molar-refractivity contribution in [1.29, 1.82) is 0 Å². The molecule has 2 rings (SSSR count). The molecule has 0 aliphatic heterocycles. The largest absolute Gasteiger partial charge is 0.485 e. The van der Waals surface area contributed by atoms with Gasteiger partial charge in [0.15, 0.2) is 5.82 Å². The monoisotopic (exact) mass is 329 g/mol. The molecule has 0 unspecified atom stereocenters. The van der Waals surface area contributed by atoms with Crippen LogP contribution < -0.4 is 4.74 Å². The van der Waals surface area contributed by atoms with Crippen LogP contribution in [0.4, 0.5) is 0 Å². The van der Waals surface area contributed by atoms with Crippen LogP contribution in [-0.2, 0) is 15.7 Å². The number of halogens is 1. The number of aryl methyl sites for hydroxylation is 1. The highest BCUT2D eigenvalue weighted by atomic mass is 35.7. The second-order valence-electron chi connectivity index (χ2n) is 4.87. The van der Waals surface area contributed by atoms with Gasteiger partial charge in [0, 0.05) is 16.7 Å². The zero-order valence-corrected chi connectivity index (χ0v) is 13.5. The minimum Gasteiger partial charge on any atom is -0.485 e. The van der Waals surface area contributed by atoms with Gasteiger partial charge in [0.05, 0.1) is 4.90 Å². The number of aromatic nitrogens is 3. The molecule has 1 aromatic carbocycles. The summed E-state index contributed by atoms with van der Waals surface area (Å²) in [5.74, 6) is 1.29. The molecule has 0 N–H and O–H groups in total. The van der Waals surface area contributed by atoms with Gasteiger partial charge in [0.1, 0.15) is 18.7 Å². The van der Waals surface area contributed by atoms with Crippen molar-refractivity contribution in [2.45, 2.75) is 38.3 Å². The van der Waals surface area contributed by atoms with Crippen molar-refractivity contribution in [1.82, 2.24) is 14.8 Å². The minimum atomic E-state index is -3.73. The normalized spacial score (nSPS) is 11.9. The van der Waals surface area contributed by atoms with Gasteiger partial charge in [-0.05, 0) is 44.5 Å². The highest BCUT2D eigenvalue weighted by molar-refractivity contribution is 8.13. The Morgan fingerprint density at radius 2 is 2.10 bits per heavy atom. The van der Waals surface area contributed by atoms with Crippen LogP contribution in [0, 0.1) is 6.92 Å². The first-order chi connectivity index (χ1) is 9.79. The van der Waals surface area contributed by atoms with Crippen molar-refractivity contribution in [3.8, 4) is 5.75 Å². The van der Waals surface area contributed by atoms with E-state index in [0.29, 0.717) is 17.1 Å². The van der Waals surface area contributed by atoms with Crippen LogP contribution in [0.15, 0.2) is 29.4 Å². The van der Waals surface area contributed by atoms with Gasteiger partial charge in [-0.3, -0.25) is 0 Å². The Bertz CT molecular complexity index is 741. The number of hydrogen-bond donors (Lipinski definition) is 0. The van der Waals surface area contributed by atoms with Crippen LogP contribution in [-0.4, -0.2) is 23.2 Å². The van der Waals surface area contributed by atoms with Gasteiger partial charge in [-0.15, -0.1) is 0 Å². The van der Waals surface area contributed by atoms with E-state index in [1.54, 1.807) is 17.7 Å². The van der Waals surface area contributed by atoms with Crippen molar-refractivity contribution in [3.63, 3.8) is 0 Å². The SMILES string of the molecule is Cc1cc(S(=O)(=O)Cl)ccc1OCc1ncnn1C(C)C. The summed E-state index contributed by atoms with van der Waals surface area (Å²) in [5.41, 5.74) is 0.687. The first-order valence-electron chi connectivity index (χ1n) is 6.35. The predicted octanol–water partition coefficient (Wildman–Crippen LogP) is 2.67. The van der Waals surface area contributed by atoms with Crippen LogP contribution in [0.25, 0.3) is 0 Å². The van der Waals surface area contributed by atoms with Crippen molar-refractivity contribution in [2.24, 2.45) is 0 Å². The number of hydrogen-bond acceptors (Lipinski definition) is 5. The van der Waals surface area contributed by atoms with E-state index in [0.717, 1.165) is 0 Å². The molecular formula is C13H16ClN3O3S. The van der Waals surface area contributed by atoms with Crippen LogP contribution in [0.1, 0.15) is 31.3 Å². The Balaban J connectivity index is 2.16. The molecule has 0 aliphatic carbocycles. The van der Waals surface area contributed by atoms with Gasteiger partial charge in [-0.2, -0.15) is 5.10 Å². The molecule has 0 saturated heterocycles. The summed E-state index contributed by atoms with van der Waals surface area (Å²) < 4.78 is 30.0. The molecule has 0 atom stereocenters. The first-order valence-corrected chi connectivity index (χ1v) is 8.66. The Morgan fingerprint density at radius 1 is 1.38 bits per heavy atom. The third kappa shape index (κ3) is 3.74. The van der Waals surface area contributed by atoms with Crippen molar-refractivity contribution < 1.29 is 13.2 Å². The fourth-order valence-corrected chi connectivity index (χ4v) is 2.72. The third-order valence-electron chi connectivity index (χ3n) is 2.92. The molecule has 0 bridgehead atoms. The topological polar surface area (TPSA) is 74.1 Å². The van der Waals surface area contributed by atoms with E-state index in [1.807, 2.05) is 13.8 Å². The number of nitrogens with zero attached hydrogens (tertiary/aromatic N) is 3. The minimum absolute atomic E-state index is 0.0550. The van der Waals surface area contributed by atoms with E-state index in [9.17, 15) is 8.42 Å². The number of benzene rings is 1. The first kappa shape index (κ1) is 15.8. The van der Waals surface area contributed by atoms with Crippen LogP contribution in [0.5, 0.6) is 5.75 Å². The van der Waals surface area contributed by atoms with Crippen molar-refractivity contribution in [2.75, 3.05) is 0 Å². The molecule has 0 radical (unpaired) electrons. The molecule has 0 spiro atoms. The van der Waals surface area contributed by atoms with E-state index in [4.69, 9.17) is 15.4 Å². The Kier molecular flexibility index (Phi) is 4.53. The van der Waals surface area contributed by atoms with Crippen molar-refractivity contribution >= 4 is 19.7 Å². The molecule has 0 amide bonds. The van der Waals surface area contributed by atoms with E-state index >= 15 is 0 Å². The molecule has 1 heterocycles. The number of ether oxygens (including phenoxy) is 1. The van der Waals surface area contributed by atoms with E-state index in [2.05, 4.69) is 10.1 Å². The lowest BCUT2D eigenvalue weighted by molar-refractivity contribution is 0.280. The maximum Gasteiger partial charge on any atom is 0.261 e. The highest BCUT2D eigenvalue weighted by Gasteiger charge is 2.13. The van der Waals surface area contributed by atoms with Crippen LogP contribution in [0.2, 0.25) is 0 Å². The van der Waals surface area contributed by atoms with Crippen LogP contribution in [0.3, 0.4) is 0 Å². The average Bonchev–Trinajstić information content (AvgIpc) is 2.84. The van der Waals surface area contributed by atoms with Gasteiger partial charge < -0.3 is 4.74 Å². The molecule has 1 aromatic heterocycles. The maximum atomic E-state index is 11.3. The summed E-state index contributed by atoms with van der Waals surface area (Å²) in [4.78, 5) is 4.20. The molecule has 0 aliphatic rings. The summed E-state index contributed by atoms with van der Waals surface area (Å²) in [7, 11) is 1.58. The zero-order chi connectivity index (χ0) is 15.6. The average molecular weight is 330 g/mol. The van der Waals surface area contributed by atoms with E-state index in [-0.39, 0.29) is 17.5 Å². The Labute approximate surface area is 128 Å². The second-order valence-corrected chi connectivity index (χ2v) is 7.43. The van der Waals surface area contributed by atoms with Gasteiger partial charge >= 0.3 is 0 Å². The van der Waals surface area contributed by atoms with E-state index < -0.39 is 9.05 Å². The second kappa shape index (κ2) is 6.03. The molecule has 6 nitrogen and oxygen atoms in total. The van der Waals surface area contributed by atoms with Crippen LogP contribution >= 0.6 is 10.7 Å². The van der Waals surface area contributed by atoms with E-state index in [1.165, 1.54) is 18.5 Å². The standard InChI is InChI=1S/C13H16ClN3O3S/c1-9(2)17-13(15-8-16-17)7-20-12-5-4-11(6-10(12)3)21(14,18)19/h4-6,8-9H,7H2,1-3H3. The Morgan fingerprint density at radius 3 is 2.67 bits per heavy atom. The predicted molar refractivity (Wildman–Crippen MR) is 79.0 cm³/mol. The maximum absolute atomic E-state index is 11.3. The lowest BCUT2D eigenvalue weighted by Gasteiger charge is -2.12. The van der Waals surface area contributed by atoms with Gasteiger partial charge in [-0.1, -0.05) is 0 Å². The third-order valence-corrected chi connectivity index (χ3v) is 4.27. The molecule has 0 saturated carbocycles. The van der Waals surface area contributed by atoms with Crippen molar-refractivity contribution in [3.05, 3.63) is 35.9 Å². The highest BCUT2D eigenvalue weighted by Crippen LogP contribution is 2.24. The quantitative estimate of drug-likeness (QED) is 0.788. The van der Waals surface area contributed by atoms with Gasteiger partial charge in [0.25, 0.3) is 9.05 Å². The summed E-state index contributed by atoms with van der Waals surface area (Å²) in [6.07, 6.45) is 1.48. The fraction of sp³-hybridized carbons (Fsp3) is 0.385. The zero-order valence-electron chi connectivity index (χ0n) is 11.9. The molecule has 114 valence electrons. The van der Waals surface area contributed by atoms with Gasteiger partial charge in [-0.25, -0.2) is 18.1 Å².